The summed E-state index contributed by atoms with van der Waals surface area (Å²) in [5.41, 5.74) is 2.18. The van der Waals surface area contributed by atoms with Crippen molar-refractivity contribution in [2.45, 2.75) is 6.92 Å². The maximum atomic E-state index is 12.4. The molecule has 0 aliphatic heterocycles. The van der Waals surface area contributed by atoms with E-state index >= 15 is 0 Å². The summed E-state index contributed by atoms with van der Waals surface area (Å²) in [4.78, 5) is 13.0. The highest BCUT2D eigenvalue weighted by atomic mass is 32.1. The molecule has 2 heterocycles. The Balaban J connectivity index is 1.88. The highest BCUT2D eigenvalue weighted by Crippen LogP contribution is 2.27. The van der Waals surface area contributed by atoms with Crippen LogP contribution in [0.1, 0.15) is 15.2 Å². The van der Waals surface area contributed by atoms with Crippen LogP contribution in [0, 0.1) is 6.92 Å². The Labute approximate surface area is 126 Å². The number of hydrogen-bond acceptors (Lipinski definition) is 3. The molecule has 0 radical (unpaired) electrons. The topological polar surface area (TPSA) is 54.3 Å². The molecule has 0 bridgehead atoms. The van der Waals surface area contributed by atoms with Crippen molar-refractivity contribution in [1.82, 2.24) is 4.57 Å². The molecule has 2 aromatic heterocycles. The lowest BCUT2D eigenvalue weighted by Crippen LogP contribution is -2.12. The molecule has 1 aromatic carbocycles. The number of hydrogen-bond donors (Lipinski definition) is 2. The van der Waals surface area contributed by atoms with Gasteiger partial charge in [-0.25, -0.2) is 0 Å². The second-order valence-corrected chi connectivity index (χ2v) is 5.62. The maximum absolute atomic E-state index is 12.4. The number of aromatic nitrogens is 1. The number of carbonyl (C=O) groups excluding carboxylic acids is 1. The van der Waals surface area contributed by atoms with Crippen LogP contribution in [0.4, 0.5) is 5.69 Å². The second kappa shape index (κ2) is 5.46. The minimum absolute atomic E-state index is 0.0717. The van der Waals surface area contributed by atoms with Gasteiger partial charge in [0.25, 0.3) is 5.91 Å². The molecule has 5 heteroatoms. The van der Waals surface area contributed by atoms with Gasteiger partial charge >= 0.3 is 0 Å². The lowest BCUT2D eigenvalue weighted by atomic mass is 10.2. The normalized spacial score (nSPS) is 10.5. The summed E-state index contributed by atoms with van der Waals surface area (Å²) >= 11 is 1.37. The molecule has 2 N–H and O–H groups in total. The van der Waals surface area contributed by atoms with Crippen LogP contribution < -0.4 is 5.32 Å². The standard InChI is InChI=1S/C16H14N2O2S/c1-11-4-5-12(14(19)10-11)17-16(20)15-13(6-9-21-15)18-7-2-3-8-18/h2-10,19H,1H3,(H,17,20). The fraction of sp³-hybridized carbons (Fsp3) is 0.0625. The number of amides is 1. The fourth-order valence-corrected chi connectivity index (χ4v) is 2.88. The Bertz CT molecular complexity index is 775. The molecule has 21 heavy (non-hydrogen) atoms. The Morgan fingerprint density at radius 3 is 2.71 bits per heavy atom. The molecule has 0 saturated carbocycles. The summed E-state index contributed by atoms with van der Waals surface area (Å²) < 4.78 is 1.89. The molecule has 3 rings (SSSR count). The number of carbonyl (C=O) groups is 1. The van der Waals surface area contributed by atoms with Crippen molar-refractivity contribution in [2.24, 2.45) is 0 Å². The molecule has 1 amide bonds. The van der Waals surface area contributed by atoms with Crippen molar-refractivity contribution in [3.05, 3.63) is 64.6 Å². The van der Waals surface area contributed by atoms with Crippen molar-refractivity contribution in [2.75, 3.05) is 5.32 Å². The van der Waals surface area contributed by atoms with E-state index in [2.05, 4.69) is 5.32 Å². The zero-order valence-corrected chi connectivity index (χ0v) is 12.2. The second-order valence-electron chi connectivity index (χ2n) is 4.70. The first-order valence-corrected chi connectivity index (χ1v) is 7.35. The van der Waals surface area contributed by atoms with Crippen molar-refractivity contribution >= 4 is 22.9 Å². The number of phenols is 1. The largest absolute Gasteiger partial charge is 0.506 e. The van der Waals surface area contributed by atoms with Gasteiger partial charge in [-0.15, -0.1) is 11.3 Å². The molecule has 4 nitrogen and oxygen atoms in total. The molecular weight excluding hydrogens is 284 g/mol. The quantitative estimate of drug-likeness (QED) is 0.723. The maximum Gasteiger partial charge on any atom is 0.267 e. The van der Waals surface area contributed by atoms with Gasteiger partial charge in [0, 0.05) is 12.4 Å². The predicted molar refractivity (Wildman–Crippen MR) is 84.4 cm³/mol. The van der Waals surface area contributed by atoms with Gasteiger partial charge in [0.05, 0.1) is 11.4 Å². The van der Waals surface area contributed by atoms with E-state index < -0.39 is 0 Å². The Hall–Kier alpha value is -2.53. The number of benzene rings is 1. The average molecular weight is 298 g/mol. The first-order valence-electron chi connectivity index (χ1n) is 6.47. The number of phenolic OH excluding ortho intramolecular Hbond substituents is 1. The van der Waals surface area contributed by atoms with Crippen molar-refractivity contribution in [1.29, 1.82) is 0 Å². The van der Waals surface area contributed by atoms with E-state index in [1.54, 1.807) is 12.1 Å². The van der Waals surface area contributed by atoms with Gasteiger partial charge in [0.15, 0.2) is 0 Å². The van der Waals surface area contributed by atoms with Gasteiger partial charge in [0.2, 0.25) is 0 Å². The highest BCUT2D eigenvalue weighted by molar-refractivity contribution is 7.12. The number of rotatable bonds is 3. The van der Waals surface area contributed by atoms with Crippen LogP contribution in [0.3, 0.4) is 0 Å². The third-order valence-corrected chi connectivity index (χ3v) is 4.04. The van der Waals surface area contributed by atoms with E-state index in [1.807, 2.05) is 53.5 Å². The van der Waals surface area contributed by atoms with Gasteiger partial charge in [-0.05, 0) is 48.2 Å². The Kier molecular flexibility index (Phi) is 3.50. The summed E-state index contributed by atoms with van der Waals surface area (Å²) in [6, 6.07) is 10.9. The van der Waals surface area contributed by atoms with E-state index in [1.165, 1.54) is 11.3 Å². The summed E-state index contributed by atoms with van der Waals surface area (Å²) in [6.07, 6.45) is 3.78. The Morgan fingerprint density at radius 2 is 2.00 bits per heavy atom. The minimum Gasteiger partial charge on any atom is -0.506 e. The molecule has 0 unspecified atom stereocenters. The van der Waals surface area contributed by atoms with Crippen molar-refractivity contribution in [3.8, 4) is 11.4 Å². The van der Waals surface area contributed by atoms with E-state index in [9.17, 15) is 9.90 Å². The van der Waals surface area contributed by atoms with Crippen LogP contribution in [0.2, 0.25) is 0 Å². The molecule has 106 valence electrons. The van der Waals surface area contributed by atoms with Gasteiger partial charge in [0.1, 0.15) is 10.6 Å². The summed E-state index contributed by atoms with van der Waals surface area (Å²) in [7, 11) is 0. The molecule has 0 atom stereocenters. The van der Waals surface area contributed by atoms with Crippen LogP contribution in [0.5, 0.6) is 5.75 Å². The number of nitrogens with zero attached hydrogens (tertiary/aromatic N) is 1. The SMILES string of the molecule is Cc1ccc(NC(=O)c2sccc2-n2cccc2)c(O)c1. The number of thiophene rings is 1. The van der Waals surface area contributed by atoms with E-state index in [0.717, 1.165) is 11.3 Å². The summed E-state index contributed by atoms with van der Waals surface area (Å²) in [6.45, 7) is 1.88. The molecular formula is C16H14N2O2S. The number of nitrogens with one attached hydrogen (secondary N) is 1. The van der Waals surface area contributed by atoms with Crippen LogP contribution in [0.15, 0.2) is 54.2 Å². The van der Waals surface area contributed by atoms with Gasteiger partial charge < -0.3 is 15.0 Å². The summed E-state index contributed by atoms with van der Waals surface area (Å²) in [5, 5.41) is 14.5. The third-order valence-electron chi connectivity index (χ3n) is 3.13. The van der Waals surface area contributed by atoms with E-state index in [4.69, 9.17) is 0 Å². The monoisotopic (exact) mass is 298 g/mol. The molecule has 0 fully saturated rings. The molecule has 0 spiro atoms. The van der Waals surface area contributed by atoms with Crippen LogP contribution in [0.25, 0.3) is 5.69 Å². The lowest BCUT2D eigenvalue weighted by molar-refractivity contribution is 0.103. The Morgan fingerprint density at radius 1 is 1.24 bits per heavy atom. The van der Waals surface area contributed by atoms with Crippen LogP contribution in [-0.4, -0.2) is 15.6 Å². The number of aromatic hydroxyl groups is 1. The van der Waals surface area contributed by atoms with Crippen molar-refractivity contribution < 1.29 is 9.90 Å². The number of aryl methyl sites for hydroxylation is 1. The molecule has 3 aromatic rings. The molecule has 0 saturated heterocycles. The van der Waals surface area contributed by atoms with Crippen LogP contribution in [-0.2, 0) is 0 Å². The van der Waals surface area contributed by atoms with Gasteiger partial charge in [-0.1, -0.05) is 6.07 Å². The molecule has 0 aliphatic rings. The first kappa shape index (κ1) is 13.5. The lowest BCUT2D eigenvalue weighted by Gasteiger charge is -2.09. The average Bonchev–Trinajstić information content (AvgIpc) is 3.10. The van der Waals surface area contributed by atoms with Gasteiger partial charge in [-0.2, -0.15) is 0 Å². The number of anilines is 1. The van der Waals surface area contributed by atoms with Crippen molar-refractivity contribution in [3.63, 3.8) is 0 Å². The highest BCUT2D eigenvalue weighted by Gasteiger charge is 2.15. The zero-order chi connectivity index (χ0) is 14.8. The fourth-order valence-electron chi connectivity index (χ4n) is 2.10. The smallest absolute Gasteiger partial charge is 0.267 e. The predicted octanol–water partition coefficient (Wildman–Crippen LogP) is 3.81. The van der Waals surface area contributed by atoms with Gasteiger partial charge in [-0.3, -0.25) is 4.79 Å². The van der Waals surface area contributed by atoms with Crippen LogP contribution >= 0.6 is 11.3 Å². The van der Waals surface area contributed by atoms with E-state index in [0.29, 0.717) is 10.6 Å². The summed E-state index contributed by atoms with van der Waals surface area (Å²) in [5.74, 6) is -0.157. The first-order chi connectivity index (χ1) is 10.1. The van der Waals surface area contributed by atoms with E-state index in [-0.39, 0.29) is 11.7 Å². The zero-order valence-electron chi connectivity index (χ0n) is 11.4. The third kappa shape index (κ3) is 2.68. The minimum atomic E-state index is -0.229. The molecule has 0 aliphatic carbocycles.